The van der Waals surface area contributed by atoms with Gasteiger partial charge in [0.05, 0.1) is 12.1 Å². The second kappa shape index (κ2) is 13.6. The van der Waals surface area contributed by atoms with Gasteiger partial charge in [0, 0.05) is 67.4 Å². The monoisotopic (exact) mass is 641 g/mol. The van der Waals surface area contributed by atoms with Crippen molar-refractivity contribution < 1.29 is 10.2 Å². The zero-order valence-corrected chi connectivity index (χ0v) is 30.5. The Balaban J connectivity index is 1.43. The van der Waals surface area contributed by atoms with E-state index in [9.17, 15) is 10.2 Å². The Bertz CT molecular complexity index is 1520. The van der Waals surface area contributed by atoms with E-state index in [1.165, 1.54) is 11.1 Å². The molecular weight excluding hydrogens is 582 g/mol. The maximum atomic E-state index is 11.5. The number of phenolic OH excluding ortho intramolecular Hbond substituents is 2. The number of guanidine groups is 1. The molecule has 2 aromatic carbocycles. The van der Waals surface area contributed by atoms with Gasteiger partial charge in [0.25, 0.3) is 0 Å². The summed E-state index contributed by atoms with van der Waals surface area (Å²) in [5, 5.41) is 22.8. The van der Waals surface area contributed by atoms with Crippen molar-refractivity contribution in [1.82, 2.24) is 9.80 Å². The maximum absolute atomic E-state index is 11.5. The molecule has 2 atom stereocenters. The number of aliphatic imine (C=N–C) groups is 3. The first kappa shape index (κ1) is 35.0. The highest BCUT2D eigenvalue weighted by Crippen LogP contribution is 2.38. The molecule has 5 rings (SSSR count). The van der Waals surface area contributed by atoms with Crippen LogP contribution in [0.2, 0.25) is 0 Å². The topological polar surface area (TPSA) is 84.0 Å². The summed E-state index contributed by atoms with van der Waals surface area (Å²) in [6.45, 7) is 24.3. The highest BCUT2D eigenvalue weighted by Gasteiger charge is 2.29. The first-order valence-electron chi connectivity index (χ1n) is 17.9. The summed E-state index contributed by atoms with van der Waals surface area (Å²) < 4.78 is 0. The summed E-state index contributed by atoms with van der Waals surface area (Å²) in [6.07, 6.45) is 10.2. The standard InChI is InChI=1S/C40H59N5O2/c1-38(2,3)30-22-29(36(47)32(23-30)40(7,8)9)25-43-34-15-11-10-14-33(34)42-24-28-20-27(21-31(35(28)46)39(4,5)6)26-45-19-13-18-44-17-12-16-41-37(44)45/h20-25,33-34,46-47H,10-19,26H2,1-9H3. The van der Waals surface area contributed by atoms with Crippen molar-refractivity contribution in [2.24, 2.45) is 15.0 Å². The molecule has 2 aromatic rings. The lowest BCUT2D eigenvalue weighted by atomic mass is 9.79. The first-order chi connectivity index (χ1) is 22.0. The van der Waals surface area contributed by atoms with Gasteiger partial charge in [-0.2, -0.15) is 0 Å². The molecule has 7 heteroatoms. The summed E-state index contributed by atoms with van der Waals surface area (Å²) in [5.41, 5.74) is 5.34. The predicted octanol–water partition coefficient (Wildman–Crippen LogP) is 8.11. The van der Waals surface area contributed by atoms with Crippen LogP contribution in [-0.2, 0) is 22.8 Å². The van der Waals surface area contributed by atoms with Crippen molar-refractivity contribution in [3.63, 3.8) is 0 Å². The molecule has 0 radical (unpaired) electrons. The van der Waals surface area contributed by atoms with Crippen LogP contribution in [0, 0.1) is 0 Å². The fourth-order valence-electron chi connectivity index (χ4n) is 7.11. The van der Waals surface area contributed by atoms with Crippen molar-refractivity contribution in [3.05, 3.63) is 57.6 Å². The van der Waals surface area contributed by atoms with Gasteiger partial charge in [-0.1, -0.05) is 81.2 Å². The van der Waals surface area contributed by atoms with Crippen molar-refractivity contribution in [3.8, 4) is 11.5 Å². The summed E-state index contributed by atoms with van der Waals surface area (Å²) in [5.74, 6) is 1.76. The number of nitrogens with zero attached hydrogens (tertiary/aromatic N) is 5. The molecule has 0 aromatic heterocycles. The second-order valence-electron chi connectivity index (χ2n) is 17.1. The van der Waals surface area contributed by atoms with Crippen LogP contribution in [0.15, 0.2) is 39.2 Å². The zero-order valence-electron chi connectivity index (χ0n) is 30.5. The Kier molecular flexibility index (Phi) is 10.1. The van der Waals surface area contributed by atoms with Gasteiger partial charge in [0.15, 0.2) is 5.96 Å². The highest BCUT2D eigenvalue weighted by molar-refractivity contribution is 5.86. The lowest BCUT2D eigenvalue weighted by Gasteiger charge is -2.41. The molecule has 256 valence electrons. The summed E-state index contributed by atoms with van der Waals surface area (Å²) in [7, 11) is 0. The Morgan fingerprint density at radius 3 is 1.83 bits per heavy atom. The normalized spacial score (nSPS) is 21.4. The molecule has 2 unspecified atom stereocenters. The molecule has 1 saturated heterocycles. The number of fused-ring (bicyclic) bond motifs is 1. The smallest absolute Gasteiger partial charge is 0.196 e. The molecule has 3 aliphatic rings. The summed E-state index contributed by atoms with van der Waals surface area (Å²) >= 11 is 0. The Morgan fingerprint density at radius 1 is 0.702 bits per heavy atom. The van der Waals surface area contributed by atoms with Gasteiger partial charge in [0.1, 0.15) is 11.5 Å². The molecule has 2 heterocycles. The lowest BCUT2D eigenvalue weighted by Crippen LogP contribution is -2.51. The number of rotatable bonds is 6. The van der Waals surface area contributed by atoms with Gasteiger partial charge >= 0.3 is 0 Å². The average Bonchev–Trinajstić information content (AvgIpc) is 2.99. The van der Waals surface area contributed by atoms with Crippen LogP contribution in [0.1, 0.15) is 134 Å². The van der Waals surface area contributed by atoms with Crippen molar-refractivity contribution >= 4 is 18.4 Å². The molecule has 1 saturated carbocycles. The summed E-state index contributed by atoms with van der Waals surface area (Å²) in [4.78, 5) is 19.9. The van der Waals surface area contributed by atoms with Crippen LogP contribution in [0.5, 0.6) is 11.5 Å². The Hall–Kier alpha value is -3.35. The van der Waals surface area contributed by atoms with Crippen molar-refractivity contribution in [2.45, 2.75) is 136 Å². The van der Waals surface area contributed by atoms with Crippen LogP contribution in [-0.4, -0.2) is 76.7 Å². The van der Waals surface area contributed by atoms with Gasteiger partial charge < -0.3 is 20.0 Å². The van der Waals surface area contributed by atoms with Gasteiger partial charge in [-0.05, 0) is 71.3 Å². The molecule has 0 spiro atoms. The third-order valence-electron chi connectivity index (χ3n) is 9.96. The van der Waals surface area contributed by atoms with E-state index in [0.29, 0.717) is 11.5 Å². The fraction of sp³-hybridized carbons (Fsp3) is 0.625. The van der Waals surface area contributed by atoms with Crippen LogP contribution in [0.4, 0.5) is 0 Å². The van der Waals surface area contributed by atoms with E-state index < -0.39 is 0 Å². The van der Waals surface area contributed by atoms with Crippen molar-refractivity contribution in [1.29, 1.82) is 0 Å². The predicted molar refractivity (Wildman–Crippen MR) is 197 cm³/mol. The van der Waals surface area contributed by atoms with E-state index in [-0.39, 0.29) is 28.3 Å². The van der Waals surface area contributed by atoms with E-state index in [4.69, 9.17) is 15.0 Å². The Morgan fingerprint density at radius 2 is 1.26 bits per heavy atom. The molecule has 0 bridgehead atoms. The van der Waals surface area contributed by atoms with Gasteiger partial charge in [-0.15, -0.1) is 0 Å². The van der Waals surface area contributed by atoms with Gasteiger partial charge in [-0.25, -0.2) is 0 Å². The minimum Gasteiger partial charge on any atom is -0.507 e. The van der Waals surface area contributed by atoms with E-state index in [2.05, 4.69) is 96.4 Å². The lowest BCUT2D eigenvalue weighted by molar-refractivity contribution is 0.239. The summed E-state index contributed by atoms with van der Waals surface area (Å²) in [6, 6.07) is 8.56. The Labute approximate surface area is 283 Å². The van der Waals surface area contributed by atoms with Crippen LogP contribution in [0.25, 0.3) is 0 Å². The number of phenols is 2. The average molecular weight is 642 g/mol. The molecule has 2 aliphatic heterocycles. The second-order valence-corrected chi connectivity index (χ2v) is 17.1. The van der Waals surface area contributed by atoms with E-state index >= 15 is 0 Å². The largest absolute Gasteiger partial charge is 0.507 e. The molecule has 2 fully saturated rings. The van der Waals surface area contributed by atoms with Crippen LogP contribution in [0.3, 0.4) is 0 Å². The number of aromatic hydroxyl groups is 2. The molecule has 47 heavy (non-hydrogen) atoms. The molecule has 0 amide bonds. The van der Waals surface area contributed by atoms with Gasteiger partial charge in [0.2, 0.25) is 0 Å². The van der Waals surface area contributed by atoms with E-state index in [1.807, 2.05) is 12.4 Å². The molecule has 2 N–H and O–H groups in total. The highest BCUT2D eigenvalue weighted by atomic mass is 16.3. The third kappa shape index (κ3) is 8.21. The minimum atomic E-state index is -0.216. The molecule has 7 nitrogen and oxygen atoms in total. The quantitative estimate of drug-likeness (QED) is 0.312. The van der Waals surface area contributed by atoms with Gasteiger partial charge in [-0.3, -0.25) is 15.0 Å². The van der Waals surface area contributed by atoms with Crippen LogP contribution < -0.4 is 0 Å². The van der Waals surface area contributed by atoms with E-state index in [1.54, 1.807) is 0 Å². The minimum absolute atomic E-state index is 0.0171. The number of hydrogen-bond donors (Lipinski definition) is 2. The maximum Gasteiger partial charge on any atom is 0.196 e. The van der Waals surface area contributed by atoms with Crippen molar-refractivity contribution in [2.75, 3.05) is 26.2 Å². The van der Waals surface area contributed by atoms with Crippen LogP contribution >= 0.6 is 0 Å². The van der Waals surface area contributed by atoms with E-state index in [0.717, 1.165) is 99.5 Å². The number of benzene rings is 2. The zero-order chi connectivity index (χ0) is 34.1. The first-order valence-corrected chi connectivity index (χ1v) is 17.9. The molecular formula is C40H59N5O2. The molecule has 1 aliphatic carbocycles. The third-order valence-corrected chi connectivity index (χ3v) is 9.96. The SMILES string of the molecule is CC(C)(C)c1cc(C=NC2CCCCC2N=Cc2cc(CN3CCCN4CCCN=C43)cc(C(C)(C)C)c2O)c(O)c(C(C)(C)C)c1. The fourth-order valence-corrected chi connectivity index (χ4v) is 7.11. The number of hydrogen-bond acceptors (Lipinski definition) is 7.